The Morgan fingerprint density at radius 2 is 1.90 bits per heavy atom. The average molecular weight is 308 g/mol. The molecule has 2 rings (SSSR count). The normalized spacial score (nSPS) is 11.8. The number of rotatable bonds is 6. The molecule has 6 nitrogen and oxygen atoms in total. The van der Waals surface area contributed by atoms with Crippen molar-refractivity contribution >= 4 is 10.0 Å². The molecule has 0 aliphatic heterocycles. The summed E-state index contributed by atoms with van der Waals surface area (Å²) in [5, 5.41) is 12.6. The minimum Gasteiger partial charge on any atom is -0.311 e. The van der Waals surface area contributed by atoms with E-state index >= 15 is 0 Å². The number of primary sulfonamides is 1. The van der Waals surface area contributed by atoms with Gasteiger partial charge in [-0.05, 0) is 26.0 Å². The summed E-state index contributed by atoms with van der Waals surface area (Å²) in [6.07, 6.45) is 0. The summed E-state index contributed by atoms with van der Waals surface area (Å²) >= 11 is 0. The van der Waals surface area contributed by atoms with E-state index in [1.807, 2.05) is 48.9 Å². The number of nitrogens with one attached hydrogen (secondary N) is 1. The van der Waals surface area contributed by atoms with Crippen molar-refractivity contribution in [2.45, 2.75) is 20.4 Å². The van der Waals surface area contributed by atoms with Crippen LogP contribution in [0.25, 0.3) is 5.69 Å². The van der Waals surface area contributed by atoms with Crippen LogP contribution >= 0.6 is 0 Å². The van der Waals surface area contributed by atoms with Gasteiger partial charge in [0.2, 0.25) is 10.0 Å². The summed E-state index contributed by atoms with van der Waals surface area (Å²) in [6.45, 7) is 4.85. The van der Waals surface area contributed by atoms with Crippen LogP contribution in [0.3, 0.4) is 0 Å². The van der Waals surface area contributed by atoms with Crippen LogP contribution in [0, 0.1) is 13.8 Å². The van der Waals surface area contributed by atoms with Crippen molar-refractivity contribution in [3.8, 4) is 5.69 Å². The van der Waals surface area contributed by atoms with Crippen LogP contribution in [0.15, 0.2) is 30.3 Å². The lowest BCUT2D eigenvalue weighted by molar-refractivity contribution is 0.592. The second-order valence-corrected chi connectivity index (χ2v) is 6.67. The highest BCUT2D eigenvalue weighted by Gasteiger charge is 2.12. The van der Waals surface area contributed by atoms with Crippen molar-refractivity contribution in [3.63, 3.8) is 0 Å². The van der Waals surface area contributed by atoms with Crippen molar-refractivity contribution in [1.82, 2.24) is 15.1 Å². The zero-order valence-corrected chi connectivity index (χ0v) is 13.0. The van der Waals surface area contributed by atoms with Crippen molar-refractivity contribution in [2.24, 2.45) is 5.14 Å². The molecule has 0 spiro atoms. The molecule has 0 aliphatic rings. The van der Waals surface area contributed by atoms with Crippen molar-refractivity contribution in [2.75, 3.05) is 12.3 Å². The predicted molar refractivity (Wildman–Crippen MR) is 82.7 cm³/mol. The molecule has 0 saturated carbocycles. The summed E-state index contributed by atoms with van der Waals surface area (Å²) in [7, 11) is -3.42. The van der Waals surface area contributed by atoms with Crippen LogP contribution < -0.4 is 10.5 Å². The zero-order chi connectivity index (χ0) is 15.5. The van der Waals surface area contributed by atoms with E-state index in [9.17, 15) is 8.42 Å². The standard InChI is InChI=1S/C14H20N4O2S/c1-11-14(10-16-8-9-21(15,19)20)12(2)18(17-11)13-6-4-3-5-7-13/h3-7,16H,8-10H2,1-2H3,(H2,15,19,20). The number of nitrogens with zero attached hydrogens (tertiary/aromatic N) is 2. The van der Waals surface area contributed by atoms with Gasteiger partial charge < -0.3 is 5.32 Å². The van der Waals surface area contributed by atoms with Gasteiger partial charge in [0.05, 0.1) is 17.1 Å². The molecule has 21 heavy (non-hydrogen) atoms. The lowest BCUT2D eigenvalue weighted by Crippen LogP contribution is -2.27. The Bertz CT molecular complexity index is 708. The fourth-order valence-electron chi connectivity index (χ4n) is 2.18. The van der Waals surface area contributed by atoms with Gasteiger partial charge in [-0.2, -0.15) is 5.10 Å². The second kappa shape index (κ2) is 6.38. The van der Waals surface area contributed by atoms with Crippen LogP contribution in [0.2, 0.25) is 0 Å². The van der Waals surface area contributed by atoms with Gasteiger partial charge in [0.1, 0.15) is 0 Å². The van der Waals surface area contributed by atoms with Gasteiger partial charge >= 0.3 is 0 Å². The highest BCUT2D eigenvalue weighted by Crippen LogP contribution is 2.17. The predicted octanol–water partition coefficient (Wildman–Crippen LogP) is 0.867. The van der Waals surface area contributed by atoms with E-state index in [0.717, 1.165) is 22.6 Å². The number of para-hydroxylation sites is 1. The minimum absolute atomic E-state index is 0.0715. The Morgan fingerprint density at radius 3 is 2.52 bits per heavy atom. The molecule has 0 radical (unpaired) electrons. The molecule has 0 unspecified atom stereocenters. The van der Waals surface area contributed by atoms with E-state index in [2.05, 4.69) is 10.4 Å². The van der Waals surface area contributed by atoms with E-state index < -0.39 is 10.0 Å². The summed E-state index contributed by atoms with van der Waals surface area (Å²) < 4.78 is 23.7. The average Bonchev–Trinajstić information content (AvgIpc) is 2.71. The molecule has 1 aromatic heterocycles. The maximum atomic E-state index is 10.9. The number of hydrogen-bond acceptors (Lipinski definition) is 4. The second-order valence-electron chi connectivity index (χ2n) is 4.94. The van der Waals surface area contributed by atoms with Crippen LogP contribution in [-0.4, -0.2) is 30.5 Å². The van der Waals surface area contributed by atoms with E-state index in [-0.39, 0.29) is 5.75 Å². The van der Waals surface area contributed by atoms with Crippen LogP contribution in [0.4, 0.5) is 0 Å². The molecule has 114 valence electrons. The summed E-state index contributed by atoms with van der Waals surface area (Å²) in [5.74, 6) is -0.0715. The van der Waals surface area contributed by atoms with Crippen molar-refractivity contribution < 1.29 is 8.42 Å². The third-order valence-corrected chi connectivity index (χ3v) is 4.08. The Kier molecular flexibility index (Phi) is 4.76. The Labute approximate surface area is 125 Å². The number of aryl methyl sites for hydroxylation is 1. The zero-order valence-electron chi connectivity index (χ0n) is 12.2. The van der Waals surface area contributed by atoms with Crippen LogP contribution in [0.1, 0.15) is 17.0 Å². The summed E-state index contributed by atoms with van der Waals surface area (Å²) in [5.41, 5.74) is 4.06. The fraction of sp³-hybridized carbons (Fsp3) is 0.357. The minimum atomic E-state index is -3.42. The van der Waals surface area contributed by atoms with Crippen molar-refractivity contribution in [1.29, 1.82) is 0 Å². The van der Waals surface area contributed by atoms with Gasteiger partial charge in [-0.3, -0.25) is 0 Å². The first kappa shape index (κ1) is 15.7. The number of hydrogen-bond donors (Lipinski definition) is 2. The topological polar surface area (TPSA) is 90.0 Å². The van der Waals surface area contributed by atoms with Gasteiger partial charge in [-0.1, -0.05) is 18.2 Å². The number of benzene rings is 1. The van der Waals surface area contributed by atoms with Crippen molar-refractivity contribution in [3.05, 3.63) is 47.3 Å². The molecule has 2 aromatic rings. The number of nitrogens with two attached hydrogens (primary N) is 1. The highest BCUT2D eigenvalue weighted by atomic mass is 32.2. The summed E-state index contributed by atoms with van der Waals surface area (Å²) in [6, 6.07) is 9.89. The smallest absolute Gasteiger partial charge is 0.210 e. The van der Waals surface area contributed by atoms with E-state index in [4.69, 9.17) is 5.14 Å². The molecule has 0 amide bonds. The molecule has 0 bridgehead atoms. The monoisotopic (exact) mass is 308 g/mol. The Balaban J connectivity index is 2.10. The molecule has 0 aliphatic carbocycles. The lowest BCUT2D eigenvalue weighted by Gasteiger charge is -2.06. The molecule has 0 saturated heterocycles. The van der Waals surface area contributed by atoms with Gasteiger partial charge in [-0.25, -0.2) is 18.2 Å². The highest BCUT2D eigenvalue weighted by molar-refractivity contribution is 7.89. The number of sulfonamides is 1. The van der Waals surface area contributed by atoms with Gasteiger partial charge in [0.15, 0.2) is 0 Å². The molecule has 3 N–H and O–H groups in total. The van der Waals surface area contributed by atoms with E-state index in [1.165, 1.54) is 0 Å². The van der Waals surface area contributed by atoms with Crippen LogP contribution in [-0.2, 0) is 16.6 Å². The summed E-state index contributed by atoms with van der Waals surface area (Å²) in [4.78, 5) is 0. The SMILES string of the molecule is Cc1nn(-c2ccccc2)c(C)c1CNCCS(N)(=O)=O. The lowest BCUT2D eigenvalue weighted by atomic mass is 10.2. The first-order valence-corrected chi connectivity index (χ1v) is 8.42. The molecule has 7 heteroatoms. The third-order valence-electron chi connectivity index (χ3n) is 3.31. The van der Waals surface area contributed by atoms with E-state index in [1.54, 1.807) is 0 Å². The molecular formula is C14H20N4O2S. The first-order valence-electron chi connectivity index (χ1n) is 6.70. The van der Waals surface area contributed by atoms with Crippen LogP contribution in [0.5, 0.6) is 0 Å². The maximum Gasteiger partial charge on any atom is 0.210 e. The molecule has 1 aromatic carbocycles. The Morgan fingerprint density at radius 1 is 1.24 bits per heavy atom. The van der Waals surface area contributed by atoms with Gasteiger partial charge in [0.25, 0.3) is 0 Å². The Hall–Kier alpha value is -1.70. The molecule has 1 heterocycles. The molecular weight excluding hydrogens is 288 g/mol. The van der Waals surface area contributed by atoms with E-state index in [0.29, 0.717) is 13.1 Å². The fourth-order valence-corrected chi connectivity index (χ4v) is 2.61. The quantitative estimate of drug-likeness (QED) is 0.775. The maximum absolute atomic E-state index is 10.9. The first-order chi connectivity index (χ1) is 9.88. The third kappa shape index (κ3) is 4.13. The largest absolute Gasteiger partial charge is 0.311 e. The molecule has 0 fully saturated rings. The van der Waals surface area contributed by atoms with Gasteiger partial charge in [0, 0.05) is 24.3 Å². The van der Waals surface area contributed by atoms with Gasteiger partial charge in [-0.15, -0.1) is 0 Å². The molecule has 0 atom stereocenters. The number of aromatic nitrogens is 2.